The zero-order chi connectivity index (χ0) is 28.2. The van der Waals surface area contributed by atoms with E-state index >= 15 is 0 Å². The molecular formula is C25H31N5O7S2. The van der Waals surface area contributed by atoms with Gasteiger partial charge in [0.05, 0.1) is 16.7 Å². The zero-order valence-corrected chi connectivity index (χ0v) is 23.2. The molecule has 1 aliphatic heterocycles. The van der Waals surface area contributed by atoms with Crippen molar-refractivity contribution in [3.63, 3.8) is 0 Å². The lowest BCUT2D eigenvalue weighted by molar-refractivity contribution is -0.135. The fraction of sp³-hybridized carbons (Fsp3) is 0.360. The molecule has 14 heteroatoms. The number of aryl methyl sites for hydroxylation is 1. The highest BCUT2D eigenvalue weighted by Crippen LogP contribution is 2.22. The highest BCUT2D eigenvalue weighted by Gasteiger charge is 2.32. The molecule has 2 heterocycles. The van der Waals surface area contributed by atoms with Crippen LogP contribution in [0.1, 0.15) is 11.3 Å². The number of carbonyl (C=O) groups excluding carboxylic acids is 1. The molecule has 0 unspecified atom stereocenters. The first-order valence-electron chi connectivity index (χ1n) is 12.2. The Labute approximate surface area is 227 Å². The van der Waals surface area contributed by atoms with Crippen molar-refractivity contribution in [2.45, 2.75) is 24.5 Å². The standard InChI is InChI=1S/C25H31N5O7S2/c1-18-15-19(22-5-3-4-6-23(22)27-18)17-37-20-7-9-21(10-8-20)39(35,36)26-16-24(25(31)28-32)29-11-13-30(14-12-29)38(2,33)34/h3-10,15,24,26,32H,11-14,16-17H2,1-2H3,(H,28,31)/t24-/m1/s1. The van der Waals surface area contributed by atoms with E-state index in [-0.39, 0.29) is 44.2 Å². The summed E-state index contributed by atoms with van der Waals surface area (Å²) in [5.74, 6) is -0.318. The van der Waals surface area contributed by atoms with E-state index in [0.29, 0.717) is 5.75 Å². The molecule has 39 heavy (non-hydrogen) atoms. The summed E-state index contributed by atoms with van der Waals surface area (Å²) in [4.78, 5) is 18.4. The minimum Gasteiger partial charge on any atom is -0.489 e. The van der Waals surface area contributed by atoms with E-state index in [0.717, 1.165) is 28.4 Å². The van der Waals surface area contributed by atoms with Crippen LogP contribution in [0, 0.1) is 6.92 Å². The predicted octanol–water partition coefficient (Wildman–Crippen LogP) is 0.852. The van der Waals surface area contributed by atoms with Crippen molar-refractivity contribution in [1.29, 1.82) is 0 Å². The Morgan fingerprint density at radius 3 is 2.36 bits per heavy atom. The van der Waals surface area contributed by atoms with E-state index in [2.05, 4.69) is 9.71 Å². The van der Waals surface area contributed by atoms with Crippen LogP contribution in [0.3, 0.4) is 0 Å². The Kier molecular flexibility index (Phi) is 8.83. The summed E-state index contributed by atoms with van der Waals surface area (Å²) in [6.07, 6.45) is 1.10. The number of sulfonamides is 2. The second kappa shape index (κ2) is 11.9. The molecule has 3 N–H and O–H groups in total. The van der Waals surface area contributed by atoms with E-state index < -0.39 is 32.0 Å². The summed E-state index contributed by atoms with van der Waals surface area (Å²) in [7, 11) is -7.37. The highest BCUT2D eigenvalue weighted by atomic mass is 32.2. The molecule has 1 atom stereocenters. The number of nitrogens with one attached hydrogen (secondary N) is 2. The number of hydrogen-bond donors (Lipinski definition) is 3. The molecule has 210 valence electrons. The number of fused-ring (bicyclic) bond motifs is 1. The summed E-state index contributed by atoms with van der Waals surface area (Å²) in [6, 6.07) is 14.6. The Bertz CT molecular complexity index is 1540. The maximum atomic E-state index is 12.9. The molecule has 0 radical (unpaired) electrons. The molecule has 3 aromatic rings. The van der Waals surface area contributed by atoms with Crippen LogP contribution < -0.4 is 14.9 Å². The maximum Gasteiger partial charge on any atom is 0.262 e. The van der Waals surface area contributed by atoms with Crippen molar-refractivity contribution in [2.24, 2.45) is 0 Å². The van der Waals surface area contributed by atoms with Gasteiger partial charge in [-0.3, -0.25) is 19.9 Å². The van der Waals surface area contributed by atoms with Crippen LogP contribution in [0.25, 0.3) is 10.9 Å². The molecule has 12 nitrogen and oxygen atoms in total. The quantitative estimate of drug-likeness (QED) is 0.235. The summed E-state index contributed by atoms with van der Waals surface area (Å²) >= 11 is 0. The number of nitrogens with zero attached hydrogens (tertiary/aromatic N) is 3. The fourth-order valence-corrected chi connectivity index (χ4v) is 6.34. The van der Waals surface area contributed by atoms with Crippen LogP contribution >= 0.6 is 0 Å². The molecule has 0 aliphatic carbocycles. The topological polar surface area (TPSA) is 158 Å². The Hall–Kier alpha value is -3.14. The van der Waals surface area contributed by atoms with Gasteiger partial charge in [-0.05, 0) is 43.3 Å². The van der Waals surface area contributed by atoms with Crippen molar-refractivity contribution < 1.29 is 31.6 Å². The third kappa shape index (κ3) is 7.09. The van der Waals surface area contributed by atoms with Gasteiger partial charge < -0.3 is 4.74 Å². The Balaban J connectivity index is 1.39. The van der Waals surface area contributed by atoms with Crippen molar-refractivity contribution in [2.75, 3.05) is 39.0 Å². The summed E-state index contributed by atoms with van der Waals surface area (Å²) in [5, 5.41) is 10.2. The first-order valence-corrected chi connectivity index (χ1v) is 15.5. The van der Waals surface area contributed by atoms with Gasteiger partial charge in [0.25, 0.3) is 5.91 Å². The van der Waals surface area contributed by atoms with E-state index in [4.69, 9.17) is 4.74 Å². The number of hydroxylamine groups is 1. The molecule has 2 aromatic carbocycles. The molecule has 1 aliphatic rings. The smallest absolute Gasteiger partial charge is 0.262 e. The van der Waals surface area contributed by atoms with E-state index in [1.54, 1.807) is 22.5 Å². The van der Waals surface area contributed by atoms with Gasteiger partial charge in [-0.1, -0.05) is 18.2 Å². The number of rotatable bonds is 10. The zero-order valence-electron chi connectivity index (χ0n) is 21.6. The number of amides is 1. The van der Waals surface area contributed by atoms with Crippen molar-refractivity contribution in [1.82, 2.24) is 24.4 Å². The van der Waals surface area contributed by atoms with Crippen LogP contribution in [0.5, 0.6) is 5.75 Å². The lowest BCUT2D eigenvalue weighted by atomic mass is 10.1. The molecule has 1 fully saturated rings. The van der Waals surface area contributed by atoms with Gasteiger partial charge in [-0.15, -0.1) is 0 Å². The average molecular weight is 578 g/mol. The third-order valence-corrected chi connectivity index (χ3v) is 9.26. The van der Waals surface area contributed by atoms with E-state index in [9.17, 15) is 26.8 Å². The number of hydrogen-bond acceptors (Lipinski definition) is 9. The third-order valence-electron chi connectivity index (χ3n) is 6.52. The average Bonchev–Trinajstić information content (AvgIpc) is 2.91. The Morgan fingerprint density at radius 2 is 1.72 bits per heavy atom. The predicted molar refractivity (Wildman–Crippen MR) is 144 cm³/mol. The lowest BCUT2D eigenvalue weighted by Crippen LogP contribution is -2.58. The Morgan fingerprint density at radius 1 is 1.05 bits per heavy atom. The van der Waals surface area contributed by atoms with Gasteiger partial charge in [0.1, 0.15) is 18.4 Å². The van der Waals surface area contributed by atoms with Crippen molar-refractivity contribution in [3.8, 4) is 5.75 Å². The minimum atomic E-state index is -4.00. The number of ether oxygens (including phenoxy) is 1. The van der Waals surface area contributed by atoms with E-state index in [1.807, 2.05) is 37.3 Å². The minimum absolute atomic E-state index is 0.0230. The summed E-state index contributed by atoms with van der Waals surface area (Å²) in [5.41, 5.74) is 4.26. The molecule has 1 amide bonds. The van der Waals surface area contributed by atoms with Crippen molar-refractivity contribution in [3.05, 3.63) is 65.9 Å². The highest BCUT2D eigenvalue weighted by molar-refractivity contribution is 7.89. The molecular weight excluding hydrogens is 546 g/mol. The van der Waals surface area contributed by atoms with Gasteiger partial charge in [-0.2, -0.15) is 4.31 Å². The van der Waals surface area contributed by atoms with Gasteiger partial charge >= 0.3 is 0 Å². The molecule has 4 rings (SSSR count). The molecule has 0 bridgehead atoms. The van der Waals surface area contributed by atoms with Gasteiger partial charge in [-0.25, -0.2) is 27.0 Å². The molecule has 1 aromatic heterocycles. The van der Waals surface area contributed by atoms with Gasteiger partial charge in [0.2, 0.25) is 20.0 Å². The van der Waals surface area contributed by atoms with Gasteiger partial charge in [0, 0.05) is 49.4 Å². The molecule has 0 spiro atoms. The molecule has 1 saturated heterocycles. The second-order valence-electron chi connectivity index (χ2n) is 9.24. The van der Waals surface area contributed by atoms with Crippen LogP contribution in [0.4, 0.5) is 0 Å². The number of benzene rings is 2. The maximum absolute atomic E-state index is 12.9. The second-order valence-corrected chi connectivity index (χ2v) is 13.0. The van der Waals surface area contributed by atoms with E-state index in [1.165, 1.54) is 16.4 Å². The summed E-state index contributed by atoms with van der Waals surface area (Å²) in [6.45, 7) is 2.57. The number of para-hydroxylation sites is 1. The number of aromatic nitrogens is 1. The van der Waals surface area contributed by atoms with Crippen LogP contribution in [0.2, 0.25) is 0 Å². The van der Waals surface area contributed by atoms with Crippen LogP contribution in [-0.4, -0.2) is 87.2 Å². The first kappa shape index (κ1) is 28.9. The largest absolute Gasteiger partial charge is 0.489 e. The fourth-order valence-electron chi connectivity index (χ4n) is 4.47. The number of pyridine rings is 1. The van der Waals surface area contributed by atoms with Crippen LogP contribution in [-0.2, 0) is 31.4 Å². The summed E-state index contributed by atoms with van der Waals surface area (Å²) < 4.78 is 59.0. The number of piperazine rings is 1. The monoisotopic (exact) mass is 577 g/mol. The van der Waals surface area contributed by atoms with Gasteiger partial charge in [0.15, 0.2) is 0 Å². The molecule has 0 saturated carbocycles. The normalized spacial score (nSPS) is 16.2. The van der Waals surface area contributed by atoms with Crippen molar-refractivity contribution >= 4 is 36.9 Å². The SMILES string of the molecule is Cc1cc(COc2ccc(S(=O)(=O)NC[C@H](C(=O)NO)N3CCN(S(C)(=O)=O)CC3)cc2)c2ccccc2n1. The van der Waals surface area contributed by atoms with Crippen LogP contribution in [0.15, 0.2) is 59.5 Å². The number of carbonyl (C=O) groups is 1. The first-order chi connectivity index (χ1) is 18.5. The lowest BCUT2D eigenvalue weighted by Gasteiger charge is -2.37.